The molecule has 0 aromatic heterocycles. The summed E-state index contributed by atoms with van der Waals surface area (Å²) in [5, 5.41) is -0.988. The van der Waals surface area contributed by atoms with Crippen molar-refractivity contribution < 1.29 is 19.1 Å². The maximum atomic E-state index is 11.4. The monoisotopic (exact) mass is 281 g/mol. The number of hydrogen-bond donors (Lipinski definition) is 2. The van der Waals surface area contributed by atoms with E-state index in [4.69, 9.17) is 4.74 Å². The largest absolute Gasteiger partial charge is 0.383 e. The van der Waals surface area contributed by atoms with Crippen LogP contribution in [0.3, 0.4) is 0 Å². The molecule has 0 aromatic rings. The molecule has 0 radical (unpaired) electrons. The van der Waals surface area contributed by atoms with E-state index in [9.17, 15) is 14.4 Å². The first-order valence-corrected chi connectivity index (χ1v) is 7.76. The molecule has 18 heavy (non-hydrogen) atoms. The lowest BCUT2D eigenvalue weighted by Crippen LogP contribution is -2.38. The molecule has 0 saturated carbocycles. The van der Waals surface area contributed by atoms with Gasteiger partial charge in [-0.05, 0) is 32.7 Å². The SMILES string of the molecule is COCCN(C)CC(C)(C)CC(C)(C)P(=O)(O)O. The summed E-state index contributed by atoms with van der Waals surface area (Å²) in [6.45, 7) is 9.58. The Kier molecular flexibility index (Phi) is 6.51. The van der Waals surface area contributed by atoms with Crippen LogP contribution < -0.4 is 0 Å². The topological polar surface area (TPSA) is 70.0 Å². The van der Waals surface area contributed by atoms with Gasteiger partial charge in [-0.15, -0.1) is 0 Å². The Hall–Kier alpha value is 0.0700. The van der Waals surface area contributed by atoms with Crippen LogP contribution in [0.5, 0.6) is 0 Å². The van der Waals surface area contributed by atoms with E-state index in [0.29, 0.717) is 13.0 Å². The van der Waals surface area contributed by atoms with Crippen molar-refractivity contribution in [1.29, 1.82) is 0 Å². The molecule has 2 N–H and O–H groups in total. The van der Waals surface area contributed by atoms with Gasteiger partial charge >= 0.3 is 7.60 Å². The molecule has 5 nitrogen and oxygen atoms in total. The Balaban J connectivity index is 4.52. The molecule has 0 aliphatic rings. The van der Waals surface area contributed by atoms with Crippen LogP contribution in [-0.4, -0.2) is 53.7 Å². The number of nitrogens with zero attached hydrogens (tertiary/aromatic N) is 1. The van der Waals surface area contributed by atoms with E-state index >= 15 is 0 Å². The van der Waals surface area contributed by atoms with Gasteiger partial charge in [-0.1, -0.05) is 13.8 Å². The molecule has 0 saturated heterocycles. The second kappa shape index (κ2) is 6.49. The van der Waals surface area contributed by atoms with Crippen LogP contribution in [0.4, 0.5) is 0 Å². The van der Waals surface area contributed by atoms with Gasteiger partial charge in [-0.2, -0.15) is 0 Å². The summed E-state index contributed by atoms with van der Waals surface area (Å²) >= 11 is 0. The Morgan fingerprint density at radius 3 is 2.11 bits per heavy atom. The van der Waals surface area contributed by atoms with Crippen molar-refractivity contribution in [2.24, 2.45) is 5.41 Å². The molecular formula is C12H28NO4P. The Morgan fingerprint density at radius 1 is 1.22 bits per heavy atom. The first kappa shape index (κ1) is 18.1. The standard InChI is InChI=1S/C12H28NO4P/c1-11(2,10-13(5)7-8-17-6)9-12(3,4)18(14,15)16/h7-10H2,1-6H3,(H2,14,15,16). The van der Waals surface area contributed by atoms with E-state index in [1.54, 1.807) is 21.0 Å². The smallest absolute Gasteiger partial charge is 0.331 e. The Bertz CT molecular complexity index is 298. The average molecular weight is 281 g/mol. The van der Waals surface area contributed by atoms with Crippen molar-refractivity contribution in [3.63, 3.8) is 0 Å². The summed E-state index contributed by atoms with van der Waals surface area (Å²) in [5.41, 5.74) is -0.160. The van der Waals surface area contributed by atoms with Crippen LogP contribution in [0.15, 0.2) is 0 Å². The van der Waals surface area contributed by atoms with Gasteiger partial charge in [-0.3, -0.25) is 4.57 Å². The molecule has 0 unspecified atom stereocenters. The van der Waals surface area contributed by atoms with E-state index in [2.05, 4.69) is 4.90 Å². The van der Waals surface area contributed by atoms with Gasteiger partial charge in [0, 0.05) is 20.2 Å². The second-order valence-corrected chi connectivity index (χ2v) is 8.73. The highest BCUT2D eigenvalue weighted by molar-refractivity contribution is 7.53. The van der Waals surface area contributed by atoms with E-state index in [0.717, 1.165) is 13.1 Å². The minimum absolute atomic E-state index is 0.160. The molecule has 6 heteroatoms. The van der Waals surface area contributed by atoms with Gasteiger partial charge in [0.1, 0.15) is 0 Å². The van der Waals surface area contributed by atoms with Crippen molar-refractivity contribution in [2.75, 3.05) is 33.9 Å². The van der Waals surface area contributed by atoms with E-state index in [1.807, 2.05) is 20.9 Å². The van der Waals surface area contributed by atoms with E-state index in [-0.39, 0.29) is 5.41 Å². The van der Waals surface area contributed by atoms with Crippen molar-refractivity contribution in [2.45, 2.75) is 39.3 Å². The van der Waals surface area contributed by atoms with Crippen molar-refractivity contribution in [3.8, 4) is 0 Å². The molecule has 110 valence electrons. The molecule has 0 heterocycles. The predicted molar refractivity (Wildman–Crippen MR) is 73.9 cm³/mol. The third kappa shape index (κ3) is 6.30. The zero-order chi connectivity index (χ0) is 14.6. The van der Waals surface area contributed by atoms with E-state index < -0.39 is 12.8 Å². The number of ether oxygens (including phenoxy) is 1. The Labute approximate surface area is 111 Å². The first-order chi connectivity index (χ1) is 7.91. The third-order valence-electron chi connectivity index (χ3n) is 3.07. The van der Waals surface area contributed by atoms with Gasteiger partial charge in [0.15, 0.2) is 0 Å². The average Bonchev–Trinajstić information content (AvgIpc) is 2.09. The van der Waals surface area contributed by atoms with E-state index in [1.165, 1.54) is 0 Å². The summed E-state index contributed by atoms with van der Waals surface area (Å²) < 4.78 is 16.5. The summed E-state index contributed by atoms with van der Waals surface area (Å²) in [4.78, 5) is 20.8. The van der Waals surface area contributed by atoms with Crippen LogP contribution in [-0.2, 0) is 9.30 Å². The van der Waals surface area contributed by atoms with Gasteiger partial charge in [0.05, 0.1) is 11.8 Å². The fourth-order valence-corrected chi connectivity index (χ4v) is 3.02. The third-order valence-corrected chi connectivity index (χ3v) is 4.81. The van der Waals surface area contributed by atoms with Crippen molar-refractivity contribution in [1.82, 2.24) is 4.90 Å². The predicted octanol–water partition coefficient (Wildman–Crippen LogP) is 1.94. The molecular weight excluding hydrogens is 253 g/mol. The highest BCUT2D eigenvalue weighted by Gasteiger charge is 2.42. The zero-order valence-electron chi connectivity index (χ0n) is 12.4. The Morgan fingerprint density at radius 2 is 1.72 bits per heavy atom. The summed E-state index contributed by atoms with van der Waals surface area (Å²) in [6, 6.07) is 0. The maximum Gasteiger partial charge on any atom is 0.331 e. The molecule has 0 amide bonds. The fraction of sp³-hybridized carbons (Fsp3) is 1.00. The lowest BCUT2D eigenvalue weighted by atomic mass is 9.83. The van der Waals surface area contributed by atoms with Crippen molar-refractivity contribution >= 4 is 7.60 Å². The molecule has 0 rings (SSSR count). The highest BCUT2D eigenvalue weighted by atomic mass is 31.2. The van der Waals surface area contributed by atoms with Crippen molar-refractivity contribution in [3.05, 3.63) is 0 Å². The van der Waals surface area contributed by atoms with Gasteiger partial charge in [0.2, 0.25) is 0 Å². The molecule has 0 aliphatic carbocycles. The molecule has 0 fully saturated rings. The lowest BCUT2D eigenvalue weighted by molar-refractivity contribution is 0.126. The van der Waals surface area contributed by atoms with Crippen LogP contribution >= 0.6 is 7.60 Å². The normalized spacial score (nSPS) is 14.3. The minimum Gasteiger partial charge on any atom is -0.383 e. The second-order valence-electron chi connectivity index (χ2n) is 6.43. The molecule has 0 aliphatic heterocycles. The van der Waals surface area contributed by atoms with Gasteiger partial charge in [0.25, 0.3) is 0 Å². The lowest BCUT2D eigenvalue weighted by Gasteiger charge is -2.37. The zero-order valence-corrected chi connectivity index (χ0v) is 13.3. The van der Waals surface area contributed by atoms with Crippen LogP contribution in [0, 0.1) is 5.41 Å². The molecule has 0 aromatic carbocycles. The molecule has 0 bridgehead atoms. The minimum atomic E-state index is -4.07. The fourth-order valence-electron chi connectivity index (χ4n) is 2.39. The summed E-state index contributed by atoms with van der Waals surface area (Å²) in [5.74, 6) is 0. The number of likely N-dealkylation sites (N-methyl/N-ethyl adjacent to an activating group) is 1. The maximum absolute atomic E-state index is 11.4. The molecule has 0 atom stereocenters. The molecule has 0 spiro atoms. The quantitative estimate of drug-likeness (QED) is 0.665. The van der Waals surface area contributed by atoms with Crippen LogP contribution in [0.1, 0.15) is 34.1 Å². The summed E-state index contributed by atoms with van der Waals surface area (Å²) in [7, 11) is -0.419. The first-order valence-electron chi connectivity index (χ1n) is 6.14. The number of hydrogen-bond acceptors (Lipinski definition) is 3. The number of methoxy groups -OCH3 is 1. The van der Waals surface area contributed by atoms with Gasteiger partial charge in [-0.25, -0.2) is 0 Å². The summed E-state index contributed by atoms with van der Waals surface area (Å²) in [6.07, 6.45) is 0.474. The van der Waals surface area contributed by atoms with Crippen LogP contribution in [0.2, 0.25) is 0 Å². The van der Waals surface area contributed by atoms with Crippen LogP contribution in [0.25, 0.3) is 0 Å². The highest BCUT2D eigenvalue weighted by Crippen LogP contribution is 2.54. The van der Waals surface area contributed by atoms with Gasteiger partial charge < -0.3 is 19.4 Å². The number of rotatable bonds is 8.